The van der Waals surface area contributed by atoms with Gasteiger partial charge in [0.1, 0.15) is 17.9 Å². The summed E-state index contributed by atoms with van der Waals surface area (Å²) in [6, 6.07) is 10.2. The predicted molar refractivity (Wildman–Crippen MR) is 116 cm³/mol. The molecule has 8 heteroatoms. The lowest BCUT2D eigenvalue weighted by atomic mass is 9.75. The van der Waals surface area contributed by atoms with Crippen molar-refractivity contribution in [3.05, 3.63) is 76.0 Å². The summed E-state index contributed by atoms with van der Waals surface area (Å²) in [6.07, 6.45) is 4.52. The van der Waals surface area contributed by atoms with Crippen molar-refractivity contribution in [3.8, 4) is 5.75 Å². The number of carbonyl (C=O) groups excluding carboxylic acids is 2. The van der Waals surface area contributed by atoms with Crippen molar-refractivity contribution in [2.75, 3.05) is 11.9 Å². The average molecular weight is 420 g/mol. The quantitative estimate of drug-likeness (QED) is 0.638. The van der Waals surface area contributed by atoms with E-state index in [0.29, 0.717) is 48.7 Å². The molecule has 0 aliphatic heterocycles. The van der Waals surface area contributed by atoms with E-state index in [-0.39, 0.29) is 16.8 Å². The van der Waals surface area contributed by atoms with Gasteiger partial charge in [0.25, 0.3) is 11.5 Å². The van der Waals surface area contributed by atoms with E-state index in [4.69, 9.17) is 4.74 Å². The molecule has 0 atom stereocenters. The standard InChI is InChI=1S/C23H24N4O4/c1-23(2)13-19-17(20(28)14-23)12-18(22(30)26-19)21(29)25-15-5-3-6-16(11-15)31-10-9-27-8-4-7-24-27/h3-8,11-12H,9-10,13-14H2,1-2H3,(H,25,29)(H,26,30). The smallest absolute Gasteiger partial charge is 0.261 e. The van der Waals surface area contributed by atoms with Gasteiger partial charge in [-0.3, -0.25) is 19.1 Å². The molecule has 160 valence electrons. The number of aromatic amines is 1. The van der Waals surface area contributed by atoms with Gasteiger partial charge in [0, 0.05) is 41.8 Å². The molecule has 0 spiro atoms. The van der Waals surface area contributed by atoms with Gasteiger partial charge in [-0.15, -0.1) is 0 Å². The Labute approximate surface area is 179 Å². The van der Waals surface area contributed by atoms with Crippen LogP contribution in [0.2, 0.25) is 0 Å². The number of hydrogen-bond donors (Lipinski definition) is 2. The van der Waals surface area contributed by atoms with Crippen molar-refractivity contribution in [2.24, 2.45) is 5.41 Å². The molecule has 0 bridgehead atoms. The van der Waals surface area contributed by atoms with Gasteiger partial charge in [-0.1, -0.05) is 19.9 Å². The van der Waals surface area contributed by atoms with E-state index >= 15 is 0 Å². The second kappa shape index (κ2) is 8.22. The number of benzene rings is 1. The first-order chi connectivity index (χ1) is 14.8. The fourth-order valence-corrected chi connectivity index (χ4v) is 3.75. The summed E-state index contributed by atoms with van der Waals surface area (Å²) in [4.78, 5) is 40.5. The van der Waals surface area contributed by atoms with Crippen molar-refractivity contribution in [2.45, 2.75) is 33.2 Å². The van der Waals surface area contributed by atoms with Crippen LogP contribution in [0.25, 0.3) is 0 Å². The summed E-state index contributed by atoms with van der Waals surface area (Å²) in [6.45, 7) is 4.98. The number of Topliss-reactive ketones (excluding diaryl/α,β-unsaturated/α-hetero) is 1. The molecule has 0 fully saturated rings. The minimum atomic E-state index is -0.574. The molecule has 2 heterocycles. The molecule has 8 nitrogen and oxygen atoms in total. The molecule has 2 N–H and O–H groups in total. The van der Waals surface area contributed by atoms with Crippen molar-refractivity contribution < 1.29 is 14.3 Å². The number of nitrogens with zero attached hydrogens (tertiary/aromatic N) is 2. The number of anilines is 1. The molecule has 1 aliphatic carbocycles. The number of amides is 1. The molecule has 31 heavy (non-hydrogen) atoms. The zero-order valence-electron chi connectivity index (χ0n) is 17.5. The third-order valence-corrected chi connectivity index (χ3v) is 5.20. The van der Waals surface area contributed by atoms with Crippen LogP contribution in [0.5, 0.6) is 5.75 Å². The zero-order valence-corrected chi connectivity index (χ0v) is 17.5. The minimum absolute atomic E-state index is 0.0656. The zero-order chi connectivity index (χ0) is 22.0. The maximum absolute atomic E-state index is 12.7. The van der Waals surface area contributed by atoms with Crippen molar-refractivity contribution in [3.63, 3.8) is 0 Å². The lowest BCUT2D eigenvalue weighted by Crippen LogP contribution is -2.32. The fourth-order valence-electron chi connectivity index (χ4n) is 3.75. The molecule has 1 amide bonds. The molecule has 0 saturated carbocycles. The van der Waals surface area contributed by atoms with Crippen LogP contribution in [0.1, 0.15) is 46.7 Å². The van der Waals surface area contributed by atoms with Gasteiger partial charge in [0.15, 0.2) is 5.78 Å². The van der Waals surface area contributed by atoms with Crippen LogP contribution in [0.15, 0.2) is 53.6 Å². The van der Waals surface area contributed by atoms with Gasteiger partial charge in [0.05, 0.1) is 6.54 Å². The molecule has 4 rings (SSSR count). The van der Waals surface area contributed by atoms with Crippen LogP contribution in [0.4, 0.5) is 5.69 Å². The largest absolute Gasteiger partial charge is 0.492 e. The highest BCUT2D eigenvalue weighted by Crippen LogP contribution is 2.33. The number of ketones is 1. The third-order valence-electron chi connectivity index (χ3n) is 5.20. The fraction of sp³-hybridized carbons (Fsp3) is 0.304. The predicted octanol–water partition coefficient (Wildman–Crippen LogP) is 3.06. The number of H-pyrrole nitrogens is 1. The first-order valence-electron chi connectivity index (χ1n) is 10.1. The molecule has 0 unspecified atom stereocenters. The Morgan fingerprint density at radius 1 is 1.23 bits per heavy atom. The van der Waals surface area contributed by atoms with Gasteiger partial charge in [0.2, 0.25) is 0 Å². The second-order valence-corrected chi connectivity index (χ2v) is 8.44. The maximum Gasteiger partial charge on any atom is 0.261 e. The minimum Gasteiger partial charge on any atom is -0.492 e. The molecule has 2 aromatic heterocycles. The Morgan fingerprint density at radius 3 is 2.84 bits per heavy atom. The number of fused-ring (bicyclic) bond motifs is 1. The monoisotopic (exact) mass is 420 g/mol. The lowest BCUT2D eigenvalue weighted by Gasteiger charge is -2.29. The van der Waals surface area contributed by atoms with Gasteiger partial charge < -0.3 is 15.0 Å². The summed E-state index contributed by atoms with van der Waals surface area (Å²) in [7, 11) is 0. The summed E-state index contributed by atoms with van der Waals surface area (Å²) < 4.78 is 7.47. The summed E-state index contributed by atoms with van der Waals surface area (Å²) >= 11 is 0. The molecular formula is C23H24N4O4. The van der Waals surface area contributed by atoms with E-state index in [1.807, 2.05) is 26.1 Å². The van der Waals surface area contributed by atoms with E-state index in [2.05, 4.69) is 15.4 Å². The van der Waals surface area contributed by atoms with Crippen LogP contribution >= 0.6 is 0 Å². The van der Waals surface area contributed by atoms with Gasteiger partial charge >= 0.3 is 0 Å². The molecule has 1 aliphatic rings. The SMILES string of the molecule is CC1(C)CC(=O)c2cc(C(=O)Nc3cccc(OCCn4cccn4)c3)c(=O)[nH]c2C1. The Balaban J connectivity index is 1.47. The first-order valence-corrected chi connectivity index (χ1v) is 10.1. The summed E-state index contributed by atoms with van der Waals surface area (Å²) in [5, 5.41) is 6.83. The molecule has 1 aromatic carbocycles. The van der Waals surface area contributed by atoms with Gasteiger partial charge in [-0.05, 0) is 36.1 Å². The van der Waals surface area contributed by atoms with E-state index in [1.165, 1.54) is 6.07 Å². The molecule has 3 aromatic rings. The van der Waals surface area contributed by atoms with Crippen LogP contribution in [0.3, 0.4) is 0 Å². The topological polar surface area (TPSA) is 106 Å². The van der Waals surface area contributed by atoms with Gasteiger partial charge in [-0.2, -0.15) is 5.10 Å². The van der Waals surface area contributed by atoms with Crippen molar-refractivity contribution >= 4 is 17.4 Å². The van der Waals surface area contributed by atoms with Crippen LogP contribution in [0, 0.1) is 5.41 Å². The first kappa shape index (κ1) is 20.6. The highest BCUT2D eigenvalue weighted by atomic mass is 16.5. The van der Waals surface area contributed by atoms with E-state index in [9.17, 15) is 14.4 Å². The third kappa shape index (κ3) is 4.74. The maximum atomic E-state index is 12.7. The van der Waals surface area contributed by atoms with Gasteiger partial charge in [-0.25, -0.2) is 0 Å². The Hall–Kier alpha value is -3.68. The van der Waals surface area contributed by atoms with E-state index in [1.54, 1.807) is 35.1 Å². The number of nitrogens with one attached hydrogen (secondary N) is 2. The lowest BCUT2D eigenvalue weighted by molar-refractivity contribution is 0.0910. The Morgan fingerprint density at radius 2 is 2.06 bits per heavy atom. The van der Waals surface area contributed by atoms with Crippen LogP contribution < -0.4 is 15.6 Å². The molecule has 0 radical (unpaired) electrons. The molecular weight excluding hydrogens is 396 g/mol. The Bertz CT molecular complexity index is 1180. The number of pyridine rings is 1. The number of aromatic nitrogens is 3. The van der Waals surface area contributed by atoms with Crippen molar-refractivity contribution in [1.29, 1.82) is 0 Å². The van der Waals surface area contributed by atoms with E-state index < -0.39 is 11.5 Å². The highest BCUT2D eigenvalue weighted by Gasteiger charge is 2.32. The van der Waals surface area contributed by atoms with Crippen molar-refractivity contribution in [1.82, 2.24) is 14.8 Å². The number of carbonyl (C=O) groups is 2. The number of ether oxygens (including phenoxy) is 1. The summed E-state index contributed by atoms with van der Waals surface area (Å²) in [5.74, 6) is -0.0544. The Kier molecular flexibility index (Phi) is 5.46. The van der Waals surface area contributed by atoms with Crippen LogP contribution in [-0.2, 0) is 13.0 Å². The second-order valence-electron chi connectivity index (χ2n) is 8.44. The normalized spacial score (nSPS) is 14.7. The summed E-state index contributed by atoms with van der Waals surface area (Å²) in [5.41, 5.74) is 0.695. The number of rotatable bonds is 6. The van der Waals surface area contributed by atoms with E-state index in [0.717, 1.165) is 0 Å². The number of hydrogen-bond acceptors (Lipinski definition) is 5. The molecule has 0 saturated heterocycles. The average Bonchev–Trinajstić information content (AvgIpc) is 3.20. The van der Waals surface area contributed by atoms with Crippen LogP contribution in [-0.4, -0.2) is 33.1 Å². The highest BCUT2D eigenvalue weighted by molar-refractivity contribution is 6.06.